The molecule has 1 saturated carbocycles. The second-order valence-electron chi connectivity index (χ2n) is 5.21. The Balaban J connectivity index is 2.48. The molecular weight excluding hydrogens is 214 g/mol. The van der Waals surface area contributed by atoms with Crippen molar-refractivity contribution in [1.82, 2.24) is 5.32 Å². The quantitative estimate of drug-likeness (QED) is 0.727. The highest BCUT2D eigenvalue weighted by molar-refractivity contribution is 5.70. The highest BCUT2D eigenvalue weighted by Crippen LogP contribution is 2.31. The van der Waals surface area contributed by atoms with Crippen LogP contribution >= 0.6 is 0 Å². The molecule has 1 rings (SSSR count). The van der Waals surface area contributed by atoms with Crippen LogP contribution in [0.2, 0.25) is 0 Å². The van der Waals surface area contributed by atoms with Gasteiger partial charge in [-0.05, 0) is 38.1 Å². The highest BCUT2D eigenvalue weighted by Gasteiger charge is 2.28. The van der Waals surface area contributed by atoms with Crippen LogP contribution in [0.5, 0.6) is 0 Å². The molecule has 1 fully saturated rings. The molecule has 1 aliphatic rings. The Morgan fingerprint density at radius 2 is 2.18 bits per heavy atom. The summed E-state index contributed by atoms with van der Waals surface area (Å²) in [6.07, 6.45) is 5.67. The average molecular weight is 241 g/mol. The molecule has 3 unspecified atom stereocenters. The SMILES string of the molecule is CCNC(CC(=O)OCC)C1CCCC(C)C1. The molecule has 100 valence electrons. The first-order chi connectivity index (χ1) is 8.17. The van der Waals surface area contributed by atoms with E-state index in [1.165, 1.54) is 25.7 Å². The van der Waals surface area contributed by atoms with E-state index in [2.05, 4.69) is 19.2 Å². The predicted octanol–water partition coefficient (Wildman–Crippen LogP) is 2.74. The first-order valence-corrected chi connectivity index (χ1v) is 7.06. The monoisotopic (exact) mass is 241 g/mol. The summed E-state index contributed by atoms with van der Waals surface area (Å²) < 4.78 is 5.06. The number of hydrogen-bond acceptors (Lipinski definition) is 3. The summed E-state index contributed by atoms with van der Waals surface area (Å²) in [5.74, 6) is 1.39. The van der Waals surface area contributed by atoms with Crippen LogP contribution in [-0.2, 0) is 9.53 Å². The van der Waals surface area contributed by atoms with E-state index < -0.39 is 0 Å². The first kappa shape index (κ1) is 14.5. The Bertz CT molecular complexity index is 230. The maximum atomic E-state index is 11.6. The summed E-state index contributed by atoms with van der Waals surface area (Å²) in [4.78, 5) is 11.6. The lowest BCUT2D eigenvalue weighted by Crippen LogP contribution is -2.40. The smallest absolute Gasteiger partial charge is 0.307 e. The first-order valence-electron chi connectivity index (χ1n) is 7.06. The molecule has 0 spiro atoms. The summed E-state index contributed by atoms with van der Waals surface area (Å²) in [5, 5.41) is 3.46. The van der Waals surface area contributed by atoms with Crippen molar-refractivity contribution >= 4 is 5.97 Å². The minimum Gasteiger partial charge on any atom is -0.466 e. The Kier molecular flexibility index (Phi) is 6.56. The lowest BCUT2D eigenvalue weighted by atomic mass is 9.77. The van der Waals surface area contributed by atoms with E-state index in [0.717, 1.165) is 12.5 Å². The fourth-order valence-corrected chi connectivity index (χ4v) is 2.91. The zero-order valence-corrected chi connectivity index (χ0v) is 11.5. The average Bonchev–Trinajstić information content (AvgIpc) is 2.29. The van der Waals surface area contributed by atoms with Gasteiger partial charge in [0.2, 0.25) is 0 Å². The normalized spacial score (nSPS) is 26.5. The summed E-state index contributed by atoms with van der Waals surface area (Å²) in [7, 11) is 0. The van der Waals surface area contributed by atoms with Gasteiger partial charge >= 0.3 is 5.97 Å². The largest absolute Gasteiger partial charge is 0.466 e. The van der Waals surface area contributed by atoms with Crippen LogP contribution in [0.25, 0.3) is 0 Å². The molecule has 1 aliphatic carbocycles. The van der Waals surface area contributed by atoms with Gasteiger partial charge in [0.15, 0.2) is 0 Å². The van der Waals surface area contributed by atoms with E-state index >= 15 is 0 Å². The second-order valence-corrected chi connectivity index (χ2v) is 5.21. The molecule has 3 heteroatoms. The zero-order valence-electron chi connectivity index (χ0n) is 11.5. The third-order valence-corrected chi connectivity index (χ3v) is 3.70. The van der Waals surface area contributed by atoms with Crippen LogP contribution in [0.15, 0.2) is 0 Å². The van der Waals surface area contributed by atoms with Crippen LogP contribution in [0.4, 0.5) is 0 Å². The molecular formula is C14H27NO2. The lowest BCUT2D eigenvalue weighted by molar-refractivity contribution is -0.144. The molecule has 0 bridgehead atoms. The van der Waals surface area contributed by atoms with Crippen molar-refractivity contribution in [2.45, 2.75) is 58.9 Å². The Morgan fingerprint density at radius 3 is 2.76 bits per heavy atom. The van der Waals surface area contributed by atoms with Gasteiger partial charge in [0.25, 0.3) is 0 Å². The lowest BCUT2D eigenvalue weighted by Gasteiger charge is -2.33. The third kappa shape index (κ3) is 5.07. The van der Waals surface area contributed by atoms with Crippen LogP contribution in [0.3, 0.4) is 0 Å². The fourth-order valence-electron chi connectivity index (χ4n) is 2.91. The van der Waals surface area contributed by atoms with Crippen LogP contribution in [0.1, 0.15) is 52.9 Å². The third-order valence-electron chi connectivity index (χ3n) is 3.70. The van der Waals surface area contributed by atoms with Crippen molar-refractivity contribution in [2.24, 2.45) is 11.8 Å². The zero-order chi connectivity index (χ0) is 12.7. The fraction of sp³-hybridized carbons (Fsp3) is 0.929. The summed E-state index contributed by atoms with van der Waals surface area (Å²) in [5.41, 5.74) is 0. The van der Waals surface area contributed by atoms with E-state index in [4.69, 9.17) is 4.74 Å². The highest BCUT2D eigenvalue weighted by atomic mass is 16.5. The molecule has 0 amide bonds. The molecule has 3 atom stereocenters. The molecule has 0 aromatic rings. The summed E-state index contributed by atoms with van der Waals surface area (Å²) in [6, 6.07) is 0.307. The number of hydrogen-bond donors (Lipinski definition) is 1. The van der Waals surface area contributed by atoms with Crippen molar-refractivity contribution in [3.63, 3.8) is 0 Å². The van der Waals surface area contributed by atoms with Gasteiger partial charge in [0.05, 0.1) is 13.0 Å². The molecule has 1 N–H and O–H groups in total. The Morgan fingerprint density at radius 1 is 1.41 bits per heavy atom. The number of ether oxygens (including phenoxy) is 1. The van der Waals surface area contributed by atoms with E-state index in [9.17, 15) is 4.79 Å². The van der Waals surface area contributed by atoms with E-state index in [1.807, 2.05) is 6.92 Å². The van der Waals surface area contributed by atoms with Gasteiger partial charge in [-0.25, -0.2) is 0 Å². The van der Waals surface area contributed by atoms with Gasteiger partial charge in [-0.15, -0.1) is 0 Å². The standard InChI is InChI=1S/C14H27NO2/c1-4-15-13(10-14(16)17-5-2)12-8-6-7-11(3)9-12/h11-13,15H,4-10H2,1-3H3. The molecule has 0 heterocycles. The van der Waals surface area contributed by atoms with E-state index in [0.29, 0.717) is 25.0 Å². The maximum Gasteiger partial charge on any atom is 0.307 e. The molecule has 0 aliphatic heterocycles. The van der Waals surface area contributed by atoms with Crippen molar-refractivity contribution < 1.29 is 9.53 Å². The molecule has 3 nitrogen and oxygen atoms in total. The van der Waals surface area contributed by atoms with Gasteiger partial charge < -0.3 is 10.1 Å². The molecule has 0 aromatic carbocycles. The van der Waals surface area contributed by atoms with Crippen molar-refractivity contribution in [3.8, 4) is 0 Å². The minimum atomic E-state index is -0.0586. The maximum absolute atomic E-state index is 11.6. The number of rotatable bonds is 6. The van der Waals surface area contributed by atoms with E-state index in [-0.39, 0.29) is 5.97 Å². The van der Waals surface area contributed by atoms with Gasteiger partial charge in [-0.2, -0.15) is 0 Å². The van der Waals surface area contributed by atoms with Gasteiger partial charge in [0, 0.05) is 6.04 Å². The number of carbonyl (C=O) groups is 1. The predicted molar refractivity (Wildman–Crippen MR) is 69.8 cm³/mol. The molecule has 0 saturated heterocycles. The second kappa shape index (κ2) is 7.70. The molecule has 0 radical (unpaired) electrons. The number of esters is 1. The van der Waals surface area contributed by atoms with Gasteiger partial charge in [-0.3, -0.25) is 4.79 Å². The Labute approximate surface area is 105 Å². The molecule has 17 heavy (non-hydrogen) atoms. The Hall–Kier alpha value is -0.570. The number of nitrogens with one attached hydrogen (secondary N) is 1. The summed E-state index contributed by atoms with van der Waals surface area (Å²) in [6.45, 7) is 7.69. The van der Waals surface area contributed by atoms with Crippen molar-refractivity contribution in [2.75, 3.05) is 13.2 Å². The van der Waals surface area contributed by atoms with E-state index in [1.54, 1.807) is 0 Å². The van der Waals surface area contributed by atoms with Crippen molar-refractivity contribution in [1.29, 1.82) is 0 Å². The van der Waals surface area contributed by atoms with Crippen LogP contribution in [0, 0.1) is 11.8 Å². The van der Waals surface area contributed by atoms with Gasteiger partial charge in [-0.1, -0.05) is 26.7 Å². The number of carbonyl (C=O) groups excluding carboxylic acids is 1. The van der Waals surface area contributed by atoms with Crippen LogP contribution < -0.4 is 5.32 Å². The van der Waals surface area contributed by atoms with Gasteiger partial charge in [0.1, 0.15) is 0 Å². The summed E-state index contributed by atoms with van der Waals surface area (Å²) >= 11 is 0. The van der Waals surface area contributed by atoms with Crippen molar-refractivity contribution in [3.05, 3.63) is 0 Å². The van der Waals surface area contributed by atoms with Crippen LogP contribution in [-0.4, -0.2) is 25.2 Å². The molecule has 0 aromatic heterocycles. The minimum absolute atomic E-state index is 0.0586. The topological polar surface area (TPSA) is 38.3 Å².